The van der Waals surface area contributed by atoms with E-state index in [1.807, 2.05) is 0 Å². The molecule has 3 aromatic rings. The fraction of sp³-hybridized carbons (Fsp3) is 0. The molecule has 0 fully saturated rings. The lowest BCUT2D eigenvalue weighted by molar-refractivity contribution is 0.0699. The van der Waals surface area contributed by atoms with Gasteiger partial charge in [0.05, 0.1) is 5.56 Å². The summed E-state index contributed by atoms with van der Waals surface area (Å²) in [6.07, 6.45) is 3.25. The van der Waals surface area contributed by atoms with Crippen LogP contribution in [0.3, 0.4) is 0 Å². The van der Waals surface area contributed by atoms with Gasteiger partial charge < -0.3 is 9.52 Å². The van der Waals surface area contributed by atoms with Gasteiger partial charge in [0.15, 0.2) is 5.58 Å². The first kappa shape index (κ1) is 10.5. The van der Waals surface area contributed by atoms with Gasteiger partial charge in [-0.15, -0.1) is 0 Å². The van der Waals surface area contributed by atoms with E-state index in [2.05, 4.69) is 9.97 Å². The number of para-hydroxylation sites is 1. The molecule has 2 heterocycles. The number of fused-ring (bicyclic) bond motifs is 1. The minimum Gasteiger partial charge on any atom is -0.478 e. The molecular weight excluding hydrogens is 232 g/mol. The quantitative estimate of drug-likeness (QED) is 0.745. The SMILES string of the molecule is O=C(O)c1cccc2oc(-c3ccncc3)nc12. The number of benzene rings is 1. The van der Waals surface area contributed by atoms with Crippen molar-refractivity contribution in [2.24, 2.45) is 0 Å². The Balaban J connectivity index is 2.23. The molecular formula is C13H8N2O3. The lowest BCUT2D eigenvalue weighted by atomic mass is 10.2. The number of rotatable bonds is 2. The van der Waals surface area contributed by atoms with Gasteiger partial charge in [-0.05, 0) is 24.3 Å². The van der Waals surface area contributed by atoms with E-state index < -0.39 is 5.97 Å². The normalized spacial score (nSPS) is 10.7. The van der Waals surface area contributed by atoms with E-state index in [-0.39, 0.29) is 5.56 Å². The molecule has 1 aromatic carbocycles. The highest BCUT2D eigenvalue weighted by atomic mass is 16.4. The predicted octanol–water partition coefficient (Wildman–Crippen LogP) is 2.59. The number of nitrogens with zero attached hydrogens (tertiary/aromatic N) is 2. The fourth-order valence-electron chi connectivity index (χ4n) is 1.74. The zero-order valence-corrected chi connectivity index (χ0v) is 9.20. The molecule has 0 atom stereocenters. The average molecular weight is 240 g/mol. The minimum atomic E-state index is -1.02. The van der Waals surface area contributed by atoms with Crippen molar-refractivity contribution in [3.63, 3.8) is 0 Å². The first-order chi connectivity index (χ1) is 8.75. The minimum absolute atomic E-state index is 0.136. The second-order valence-electron chi connectivity index (χ2n) is 3.71. The van der Waals surface area contributed by atoms with E-state index in [1.165, 1.54) is 6.07 Å². The van der Waals surface area contributed by atoms with Gasteiger partial charge in [-0.1, -0.05) is 6.07 Å². The van der Waals surface area contributed by atoms with E-state index in [4.69, 9.17) is 9.52 Å². The predicted molar refractivity (Wildman–Crippen MR) is 64.2 cm³/mol. The van der Waals surface area contributed by atoms with Gasteiger partial charge in [-0.25, -0.2) is 9.78 Å². The van der Waals surface area contributed by atoms with Crippen LogP contribution in [-0.4, -0.2) is 21.0 Å². The Hall–Kier alpha value is -2.69. The van der Waals surface area contributed by atoms with E-state index >= 15 is 0 Å². The standard InChI is InChI=1S/C13H8N2O3/c16-13(17)9-2-1-3-10-11(9)15-12(18-10)8-4-6-14-7-5-8/h1-7H,(H,16,17). The van der Waals surface area contributed by atoms with Crippen molar-refractivity contribution in [2.75, 3.05) is 0 Å². The highest BCUT2D eigenvalue weighted by Crippen LogP contribution is 2.25. The van der Waals surface area contributed by atoms with Crippen LogP contribution in [0, 0.1) is 0 Å². The van der Waals surface area contributed by atoms with Crippen LogP contribution < -0.4 is 0 Å². The maximum absolute atomic E-state index is 11.1. The summed E-state index contributed by atoms with van der Waals surface area (Å²) < 4.78 is 5.54. The third-order valence-electron chi connectivity index (χ3n) is 2.58. The Morgan fingerprint density at radius 3 is 2.67 bits per heavy atom. The summed E-state index contributed by atoms with van der Waals surface area (Å²) in [6, 6.07) is 8.34. The van der Waals surface area contributed by atoms with Crippen LogP contribution in [0.1, 0.15) is 10.4 Å². The van der Waals surface area contributed by atoms with Gasteiger partial charge >= 0.3 is 5.97 Å². The molecule has 3 rings (SSSR count). The maximum atomic E-state index is 11.1. The molecule has 2 aromatic heterocycles. The van der Waals surface area contributed by atoms with Gasteiger partial charge in [0.1, 0.15) is 5.52 Å². The summed E-state index contributed by atoms with van der Waals surface area (Å²) in [4.78, 5) is 19.2. The van der Waals surface area contributed by atoms with Crippen molar-refractivity contribution < 1.29 is 14.3 Å². The largest absolute Gasteiger partial charge is 0.478 e. The molecule has 0 aliphatic heterocycles. The zero-order chi connectivity index (χ0) is 12.5. The zero-order valence-electron chi connectivity index (χ0n) is 9.20. The van der Waals surface area contributed by atoms with Gasteiger partial charge in [0.2, 0.25) is 5.89 Å². The summed E-state index contributed by atoms with van der Waals surface area (Å²) in [5.41, 5.74) is 1.72. The molecule has 0 radical (unpaired) electrons. The second kappa shape index (κ2) is 3.96. The van der Waals surface area contributed by atoms with E-state index in [9.17, 15) is 4.79 Å². The molecule has 5 heteroatoms. The summed E-state index contributed by atoms with van der Waals surface area (Å²) in [5, 5.41) is 9.07. The average Bonchev–Trinajstić information content (AvgIpc) is 2.83. The van der Waals surface area contributed by atoms with E-state index in [1.54, 1.807) is 36.7 Å². The third-order valence-corrected chi connectivity index (χ3v) is 2.58. The van der Waals surface area contributed by atoms with Crippen LogP contribution in [-0.2, 0) is 0 Å². The summed E-state index contributed by atoms with van der Waals surface area (Å²) >= 11 is 0. The van der Waals surface area contributed by atoms with Crippen molar-refractivity contribution in [3.05, 3.63) is 48.3 Å². The molecule has 88 valence electrons. The molecule has 1 N–H and O–H groups in total. The van der Waals surface area contributed by atoms with Gasteiger partial charge in [-0.2, -0.15) is 0 Å². The first-order valence-electron chi connectivity index (χ1n) is 5.29. The molecule has 0 unspecified atom stereocenters. The topological polar surface area (TPSA) is 76.2 Å². The van der Waals surface area contributed by atoms with Crippen molar-refractivity contribution in [1.29, 1.82) is 0 Å². The number of aromatic nitrogens is 2. The lowest BCUT2D eigenvalue weighted by Gasteiger charge is -1.92. The molecule has 0 spiro atoms. The van der Waals surface area contributed by atoms with E-state index in [0.717, 1.165) is 5.56 Å². The summed E-state index contributed by atoms with van der Waals surface area (Å²) in [5.74, 6) is -0.628. The molecule has 18 heavy (non-hydrogen) atoms. The van der Waals surface area contributed by atoms with Crippen LogP contribution in [0.15, 0.2) is 47.1 Å². The molecule has 0 saturated heterocycles. The third kappa shape index (κ3) is 1.62. The lowest BCUT2D eigenvalue weighted by Crippen LogP contribution is -1.96. The van der Waals surface area contributed by atoms with Crippen LogP contribution >= 0.6 is 0 Å². The Morgan fingerprint density at radius 1 is 1.17 bits per heavy atom. The summed E-state index contributed by atoms with van der Waals surface area (Å²) in [7, 11) is 0. The molecule has 0 saturated carbocycles. The molecule has 0 bridgehead atoms. The molecule has 0 aliphatic carbocycles. The smallest absolute Gasteiger partial charge is 0.338 e. The molecule has 0 amide bonds. The molecule has 0 aliphatic rings. The van der Waals surface area contributed by atoms with Gasteiger partial charge in [0, 0.05) is 18.0 Å². The Morgan fingerprint density at radius 2 is 1.94 bits per heavy atom. The first-order valence-corrected chi connectivity index (χ1v) is 5.29. The van der Waals surface area contributed by atoms with Gasteiger partial charge in [-0.3, -0.25) is 4.98 Å². The number of carbonyl (C=O) groups is 1. The number of hydrogen-bond acceptors (Lipinski definition) is 4. The number of carboxylic acid groups (broad SMARTS) is 1. The second-order valence-corrected chi connectivity index (χ2v) is 3.71. The monoisotopic (exact) mass is 240 g/mol. The van der Waals surface area contributed by atoms with Crippen LogP contribution in [0.25, 0.3) is 22.6 Å². The fourth-order valence-corrected chi connectivity index (χ4v) is 1.74. The highest BCUT2D eigenvalue weighted by molar-refractivity contribution is 6.00. The Kier molecular flexibility index (Phi) is 2.30. The maximum Gasteiger partial charge on any atom is 0.338 e. The summed E-state index contributed by atoms with van der Waals surface area (Å²) in [6.45, 7) is 0. The number of pyridine rings is 1. The van der Waals surface area contributed by atoms with Crippen LogP contribution in [0.2, 0.25) is 0 Å². The highest BCUT2D eigenvalue weighted by Gasteiger charge is 2.14. The van der Waals surface area contributed by atoms with Crippen LogP contribution in [0.5, 0.6) is 0 Å². The van der Waals surface area contributed by atoms with Crippen LogP contribution in [0.4, 0.5) is 0 Å². The number of aromatic carboxylic acids is 1. The van der Waals surface area contributed by atoms with Gasteiger partial charge in [0.25, 0.3) is 0 Å². The van der Waals surface area contributed by atoms with Crippen molar-refractivity contribution in [2.45, 2.75) is 0 Å². The number of carboxylic acids is 1. The Labute approximate surface area is 102 Å². The van der Waals surface area contributed by atoms with Crippen molar-refractivity contribution in [3.8, 4) is 11.5 Å². The Bertz CT molecular complexity index is 719. The van der Waals surface area contributed by atoms with Crippen molar-refractivity contribution >= 4 is 17.1 Å². The number of hydrogen-bond donors (Lipinski definition) is 1. The van der Waals surface area contributed by atoms with Crippen molar-refractivity contribution in [1.82, 2.24) is 9.97 Å². The van der Waals surface area contributed by atoms with E-state index in [0.29, 0.717) is 17.0 Å². The number of oxazole rings is 1. The molecule has 5 nitrogen and oxygen atoms in total.